The number of halogens is 1. The third kappa shape index (κ3) is 4.16. The molecular formula is C14H20ClN3O. The monoisotopic (exact) mass is 281 g/mol. The van der Waals surface area contributed by atoms with Crippen LogP contribution in [0.25, 0.3) is 0 Å². The van der Waals surface area contributed by atoms with Crippen LogP contribution in [0.1, 0.15) is 49.5 Å². The molecule has 19 heavy (non-hydrogen) atoms. The Balaban J connectivity index is 1.76. The van der Waals surface area contributed by atoms with Gasteiger partial charge in [0, 0.05) is 6.54 Å². The molecule has 0 radical (unpaired) electrons. The lowest BCUT2D eigenvalue weighted by Crippen LogP contribution is -2.31. The number of rotatable bonds is 4. The van der Waals surface area contributed by atoms with Crippen LogP contribution in [-0.4, -0.2) is 22.6 Å². The first kappa shape index (κ1) is 14.3. The van der Waals surface area contributed by atoms with Crippen molar-refractivity contribution < 1.29 is 4.79 Å². The average Bonchev–Trinajstić information content (AvgIpc) is 2.46. The van der Waals surface area contributed by atoms with E-state index in [1.165, 1.54) is 32.1 Å². The minimum atomic E-state index is -0.165. The van der Waals surface area contributed by atoms with E-state index in [0.717, 1.165) is 12.5 Å². The highest BCUT2D eigenvalue weighted by Gasteiger charge is 2.20. The zero-order valence-corrected chi connectivity index (χ0v) is 12.0. The van der Waals surface area contributed by atoms with Gasteiger partial charge < -0.3 is 5.32 Å². The second-order valence-corrected chi connectivity index (χ2v) is 5.63. The second-order valence-electron chi connectivity index (χ2n) is 5.25. The lowest BCUT2D eigenvalue weighted by molar-refractivity contribution is 0.0935. The van der Waals surface area contributed by atoms with Crippen molar-refractivity contribution in [1.29, 1.82) is 0 Å². The summed E-state index contributed by atoms with van der Waals surface area (Å²) in [6.07, 6.45) is 6.28. The standard InChI is InChI=1S/C14H20ClN3O/c1-2-10-3-5-11(6-4-10)9-16-14(19)12-7-8-13(15)18-17-12/h7-8,10-11H,2-6,9H2,1H3,(H,16,19). The summed E-state index contributed by atoms with van der Waals surface area (Å²) in [6.45, 7) is 2.99. The Bertz CT molecular complexity index is 413. The molecule has 1 amide bonds. The first-order valence-corrected chi connectivity index (χ1v) is 7.34. The van der Waals surface area contributed by atoms with Gasteiger partial charge >= 0.3 is 0 Å². The summed E-state index contributed by atoms with van der Waals surface area (Å²) < 4.78 is 0. The normalized spacial score (nSPS) is 23.1. The van der Waals surface area contributed by atoms with Crippen LogP contribution in [0.3, 0.4) is 0 Å². The number of amides is 1. The molecule has 0 spiro atoms. The van der Waals surface area contributed by atoms with Crippen LogP contribution in [0.5, 0.6) is 0 Å². The fraction of sp³-hybridized carbons (Fsp3) is 0.643. The Labute approximate surface area is 118 Å². The number of aromatic nitrogens is 2. The maximum atomic E-state index is 11.9. The highest BCUT2D eigenvalue weighted by molar-refractivity contribution is 6.29. The van der Waals surface area contributed by atoms with Crippen LogP contribution in [0.15, 0.2) is 12.1 Å². The summed E-state index contributed by atoms with van der Waals surface area (Å²) in [5, 5.41) is 10.7. The lowest BCUT2D eigenvalue weighted by Gasteiger charge is -2.27. The number of nitrogens with zero attached hydrogens (tertiary/aromatic N) is 2. The number of hydrogen-bond acceptors (Lipinski definition) is 3. The van der Waals surface area contributed by atoms with Crippen molar-refractivity contribution in [2.24, 2.45) is 11.8 Å². The molecular weight excluding hydrogens is 262 g/mol. The lowest BCUT2D eigenvalue weighted by atomic mass is 9.81. The highest BCUT2D eigenvalue weighted by atomic mass is 35.5. The van der Waals surface area contributed by atoms with E-state index in [-0.39, 0.29) is 5.91 Å². The summed E-state index contributed by atoms with van der Waals surface area (Å²) in [4.78, 5) is 11.9. The molecule has 1 fully saturated rings. The number of hydrogen-bond donors (Lipinski definition) is 1. The number of carbonyl (C=O) groups is 1. The third-order valence-corrected chi connectivity index (χ3v) is 4.16. The molecule has 0 saturated heterocycles. The van der Waals surface area contributed by atoms with Crippen molar-refractivity contribution >= 4 is 17.5 Å². The van der Waals surface area contributed by atoms with Gasteiger partial charge in [-0.2, -0.15) is 0 Å². The Morgan fingerprint density at radius 3 is 2.53 bits per heavy atom. The molecule has 1 saturated carbocycles. The highest BCUT2D eigenvalue weighted by Crippen LogP contribution is 2.30. The van der Waals surface area contributed by atoms with E-state index in [9.17, 15) is 4.79 Å². The molecule has 2 rings (SSSR count). The maximum absolute atomic E-state index is 11.9. The van der Waals surface area contributed by atoms with Crippen LogP contribution in [0.4, 0.5) is 0 Å². The van der Waals surface area contributed by atoms with Gasteiger partial charge in [-0.25, -0.2) is 0 Å². The second kappa shape index (κ2) is 6.85. The van der Waals surface area contributed by atoms with Gasteiger partial charge in [-0.1, -0.05) is 37.8 Å². The van der Waals surface area contributed by atoms with Gasteiger partial charge in [0.25, 0.3) is 5.91 Å². The zero-order chi connectivity index (χ0) is 13.7. The smallest absolute Gasteiger partial charge is 0.271 e. The number of nitrogens with one attached hydrogen (secondary N) is 1. The molecule has 1 aromatic heterocycles. The molecule has 0 atom stereocenters. The Kier molecular flexibility index (Phi) is 5.14. The maximum Gasteiger partial charge on any atom is 0.271 e. The summed E-state index contributed by atoms with van der Waals surface area (Å²) in [5.41, 5.74) is 0.326. The molecule has 0 aliphatic heterocycles. The molecule has 104 valence electrons. The fourth-order valence-electron chi connectivity index (χ4n) is 2.61. The first-order chi connectivity index (χ1) is 9.19. The van der Waals surface area contributed by atoms with Crippen molar-refractivity contribution in [1.82, 2.24) is 15.5 Å². The van der Waals surface area contributed by atoms with E-state index in [1.807, 2.05) is 0 Å². The SMILES string of the molecule is CCC1CCC(CNC(=O)c2ccc(Cl)nn2)CC1. The molecule has 0 unspecified atom stereocenters. The van der Waals surface area contributed by atoms with Crippen molar-refractivity contribution in [3.05, 3.63) is 23.0 Å². The van der Waals surface area contributed by atoms with Crippen LogP contribution < -0.4 is 5.32 Å². The summed E-state index contributed by atoms with van der Waals surface area (Å²) in [7, 11) is 0. The summed E-state index contributed by atoms with van der Waals surface area (Å²) >= 11 is 5.64. The van der Waals surface area contributed by atoms with E-state index in [2.05, 4.69) is 22.4 Å². The van der Waals surface area contributed by atoms with Gasteiger partial charge in [0.2, 0.25) is 0 Å². The quantitative estimate of drug-likeness (QED) is 0.923. The van der Waals surface area contributed by atoms with Gasteiger partial charge in [-0.05, 0) is 36.8 Å². The van der Waals surface area contributed by atoms with E-state index in [0.29, 0.717) is 16.8 Å². The fourth-order valence-corrected chi connectivity index (χ4v) is 2.71. The topological polar surface area (TPSA) is 54.9 Å². The van der Waals surface area contributed by atoms with E-state index >= 15 is 0 Å². The van der Waals surface area contributed by atoms with Crippen LogP contribution in [0, 0.1) is 11.8 Å². The Morgan fingerprint density at radius 1 is 1.26 bits per heavy atom. The van der Waals surface area contributed by atoms with Gasteiger partial charge in [0.05, 0.1) is 0 Å². The van der Waals surface area contributed by atoms with Crippen molar-refractivity contribution in [2.45, 2.75) is 39.0 Å². The van der Waals surface area contributed by atoms with Crippen molar-refractivity contribution in [2.75, 3.05) is 6.54 Å². The predicted molar refractivity (Wildman–Crippen MR) is 75.1 cm³/mol. The Hall–Kier alpha value is -1.16. The van der Waals surface area contributed by atoms with Crippen LogP contribution in [0.2, 0.25) is 5.15 Å². The molecule has 1 aliphatic carbocycles. The van der Waals surface area contributed by atoms with Gasteiger partial charge in [0.15, 0.2) is 10.8 Å². The minimum Gasteiger partial charge on any atom is -0.350 e. The average molecular weight is 282 g/mol. The van der Waals surface area contributed by atoms with Gasteiger partial charge in [-0.15, -0.1) is 10.2 Å². The molecule has 4 nitrogen and oxygen atoms in total. The minimum absolute atomic E-state index is 0.165. The summed E-state index contributed by atoms with van der Waals surface area (Å²) in [5.74, 6) is 1.32. The molecule has 1 aliphatic rings. The van der Waals surface area contributed by atoms with E-state index < -0.39 is 0 Å². The van der Waals surface area contributed by atoms with Crippen molar-refractivity contribution in [3.63, 3.8) is 0 Å². The largest absolute Gasteiger partial charge is 0.350 e. The molecule has 1 aromatic rings. The predicted octanol–water partition coefficient (Wildman–Crippen LogP) is 3.08. The third-order valence-electron chi connectivity index (χ3n) is 3.96. The summed E-state index contributed by atoms with van der Waals surface area (Å²) in [6, 6.07) is 3.18. The zero-order valence-electron chi connectivity index (χ0n) is 11.2. The van der Waals surface area contributed by atoms with Crippen LogP contribution >= 0.6 is 11.6 Å². The van der Waals surface area contributed by atoms with E-state index in [1.54, 1.807) is 12.1 Å². The van der Waals surface area contributed by atoms with Crippen LogP contribution in [-0.2, 0) is 0 Å². The van der Waals surface area contributed by atoms with Gasteiger partial charge in [0.1, 0.15) is 0 Å². The molecule has 1 N–H and O–H groups in total. The van der Waals surface area contributed by atoms with E-state index in [4.69, 9.17) is 11.6 Å². The van der Waals surface area contributed by atoms with Gasteiger partial charge in [-0.3, -0.25) is 4.79 Å². The van der Waals surface area contributed by atoms with Crippen molar-refractivity contribution in [3.8, 4) is 0 Å². The molecule has 0 bridgehead atoms. The first-order valence-electron chi connectivity index (χ1n) is 6.96. The molecule has 5 heteroatoms. The number of carbonyl (C=O) groups excluding carboxylic acids is 1. The Morgan fingerprint density at radius 2 is 1.95 bits per heavy atom. The molecule has 1 heterocycles. The molecule has 0 aromatic carbocycles.